The second-order valence-electron chi connectivity index (χ2n) is 1.67. The van der Waals surface area contributed by atoms with Crippen LogP contribution in [0.2, 0.25) is 0 Å². The molecule has 18 heavy (non-hydrogen) atoms. The summed E-state index contributed by atoms with van der Waals surface area (Å²) in [6, 6.07) is 0. The lowest BCUT2D eigenvalue weighted by atomic mass is 10.3. The van der Waals surface area contributed by atoms with Crippen LogP contribution in [0.15, 0.2) is 0 Å². The molecule has 0 heterocycles. The predicted octanol–water partition coefficient (Wildman–Crippen LogP) is 3.99. The molecule has 0 saturated carbocycles. The summed E-state index contributed by atoms with van der Waals surface area (Å²) < 4.78 is 127. The van der Waals surface area contributed by atoms with Crippen LogP contribution in [0.4, 0.5) is 56.3 Å². The van der Waals surface area contributed by atoms with Crippen molar-refractivity contribution in [1.29, 1.82) is 0 Å². The molecule has 0 atom stereocenters. The molecule has 0 saturated heterocycles. The highest BCUT2D eigenvalue weighted by atomic mass is 19.5. The highest BCUT2D eigenvalue weighted by Crippen LogP contribution is 2.07. The van der Waals surface area contributed by atoms with Gasteiger partial charge in [0.15, 0.2) is 0 Å². The highest BCUT2D eigenvalue weighted by molar-refractivity contribution is 6.50. The minimum Gasteiger partial charge on any atom is -0.418 e. The summed E-state index contributed by atoms with van der Waals surface area (Å²) >= 11 is 0. The summed E-state index contributed by atoms with van der Waals surface area (Å²) in [5, 5.41) is 0. The molecule has 1 N–H and O–H groups in total. The van der Waals surface area contributed by atoms with Gasteiger partial charge in [-0.15, -0.1) is 4.48 Å². The van der Waals surface area contributed by atoms with Gasteiger partial charge in [0.1, 0.15) is 0 Å². The molecule has 0 fully saturated rings. The van der Waals surface area contributed by atoms with Gasteiger partial charge in [0.05, 0.1) is 0 Å². The molecule has 0 aliphatic carbocycles. The molecular weight excluding hydrogens is 305 g/mol. The second-order valence-corrected chi connectivity index (χ2v) is 1.67. The first-order valence-electron chi connectivity index (χ1n) is 3.31. The van der Waals surface area contributed by atoms with E-state index in [0.29, 0.717) is 0 Å². The van der Waals surface area contributed by atoms with Crippen LogP contribution in [0.1, 0.15) is 0 Å². The molecule has 0 unspecified atom stereocenters. The first-order chi connectivity index (χ1) is 7.41. The van der Waals surface area contributed by atoms with E-state index in [9.17, 15) is 56.3 Å². The summed E-state index contributed by atoms with van der Waals surface area (Å²) in [6.07, 6.45) is 0. The van der Waals surface area contributed by atoms with Crippen molar-refractivity contribution in [2.75, 3.05) is 7.05 Å². The molecule has 0 rings (SSSR count). The van der Waals surface area contributed by atoms with Gasteiger partial charge >= 0.3 is 21.8 Å². The maximum atomic E-state index is 10.0. The Bertz CT molecular complexity index is 109. The topological polar surface area (TPSA) is 12.0 Å². The second kappa shape index (κ2) is 11.3. The van der Waals surface area contributed by atoms with Crippen LogP contribution in [0, 0.1) is 0 Å². The SMILES string of the molecule is CNF.F[B-](F)(F)F.F[B-](F)(F)F.F[B-](F)(F)F. The van der Waals surface area contributed by atoms with E-state index in [1.54, 1.807) is 0 Å². The van der Waals surface area contributed by atoms with Crippen LogP contribution in [-0.2, 0) is 0 Å². The van der Waals surface area contributed by atoms with Crippen molar-refractivity contribution in [1.82, 2.24) is 5.54 Å². The van der Waals surface area contributed by atoms with Crippen molar-refractivity contribution in [3.05, 3.63) is 0 Å². The van der Waals surface area contributed by atoms with E-state index in [-0.39, 0.29) is 0 Å². The zero-order valence-electron chi connectivity index (χ0n) is 8.15. The number of rotatable bonds is 0. The van der Waals surface area contributed by atoms with Crippen LogP contribution < -0.4 is 5.54 Å². The third-order valence-electron chi connectivity index (χ3n) is 0. The lowest BCUT2D eigenvalue weighted by molar-refractivity contribution is 0.366. The van der Waals surface area contributed by atoms with Crippen molar-refractivity contribution in [3.8, 4) is 0 Å². The number of nitrogens with one attached hydrogen (secondary N) is 1. The molecule has 1 nitrogen and oxygen atoms in total. The molecule has 0 aromatic heterocycles. The van der Waals surface area contributed by atoms with Gasteiger partial charge in [-0.25, -0.2) is 0 Å². The van der Waals surface area contributed by atoms with E-state index in [2.05, 4.69) is 0 Å². The van der Waals surface area contributed by atoms with Crippen LogP contribution in [0.3, 0.4) is 0 Å². The minimum atomic E-state index is -6.00. The van der Waals surface area contributed by atoms with E-state index in [0.717, 1.165) is 0 Å². The molecule has 0 amide bonds. The molecule has 0 radical (unpaired) electrons. The average Bonchev–Trinajstić information content (AvgIpc) is 1.71. The van der Waals surface area contributed by atoms with Crippen molar-refractivity contribution in [3.63, 3.8) is 0 Å². The zero-order valence-corrected chi connectivity index (χ0v) is 8.15. The first-order valence-corrected chi connectivity index (χ1v) is 3.31. The van der Waals surface area contributed by atoms with Crippen molar-refractivity contribution < 1.29 is 56.3 Å². The Kier molecular flexibility index (Phi) is 16.3. The number of halogens is 13. The Morgan fingerprint density at radius 2 is 0.500 bits per heavy atom. The Labute approximate surface area is 92.0 Å². The summed E-state index contributed by atoms with van der Waals surface area (Å²) in [5.41, 5.74) is 1.25. The molecule has 17 heteroatoms. The van der Waals surface area contributed by atoms with E-state index in [1.807, 2.05) is 0 Å². The number of hydrogen-bond donors (Lipinski definition) is 1. The fourth-order valence-corrected chi connectivity index (χ4v) is 0. The molecule has 0 aliphatic heterocycles. The van der Waals surface area contributed by atoms with Gasteiger partial charge in [0.25, 0.3) is 0 Å². The molecule has 0 spiro atoms. The van der Waals surface area contributed by atoms with E-state index in [4.69, 9.17) is 0 Å². The van der Waals surface area contributed by atoms with Gasteiger partial charge < -0.3 is 51.8 Å². The van der Waals surface area contributed by atoms with Gasteiger partial charge in [-0.2, -0.15) is 5.54 Å². The smallest absolute Gasteiger partial charge is 0.418 e. The van der Waals surface area contributed by atoms with E-state index >= 15 is 0 Å². The van der Waals surface area contributed by atoms with Gasteiger partial charge in [0.2, 0.25) is 0 Å². The summed E-state index contributed by atoms with van der Waals surface area (Å²) in [7, 11) is -16.8. The van der Waals surface area contributed by atoms with E-state index < -0.39 is 21.8 Å². The molecular formula is CH4B3F13N-3. The lowest BCUT2D eigenvalue weighted by Crippen LogP contribution is -2.02. The Morgan fingerprint density at radius 3 is 0.500 bits per heavy atom. The molecule has 0 aromatic carbocycles. The summed E-state index contributed by atoms with van der Waals surface area (Å²) in [6.45, 7) is 0. The molecule has 116 valence electrons. The quantitative estimate of drug-likeness (QED) is 0.405. The summed E-state index contributed by atoms with van der Waals surface area (Å²) in [5.74, 6) is 0. The predicted molar refractivity (Wildman–Crippen MR) is 40.7 cm³/mol. The maximum Gasteiger partial charge on any atom is 0.673 e. The lowest BCUT2D eigenvalue weighted by Gasteiger charge is -1.94. The van der Waals surface area contributed by atoms with Crippen LogP contribution in [0.5, 0.6) is 0 Å². The van der Waals surface area contributed by atoms with Gasteiger partial charge in [-0.05, 0) is 0 Å². The maximum absolute atomic E-state index is 10.0. The monoisotopic (exact) mass is 310 g/mol. The van der Waals surface area contributed by atoms with Crippen molar-refractivity contribution >= 4 is 21.8 Å². The first kappa shape index (κ1) is 25.9. The van der Waals surface area contributed by atoms with Crippen molar-refractivity contribution in [2.24, 2.45) is 0 Å². The number of hydrogen-bond acceptors (Lipinski definition) is 1. The van der Waals surface area contributed by atoms with Crippen LogP contribution in [0.25, 0.3) is 0 Å². The molecule has 0 bridgehead atoms. The Morgan fingerprint density at radius 1 is 0.500 bits per heavy atom. The standard InChI is InChI=1S/CH4FN.3BF4/c1-3-2;3*2-1(3,4)5/h3H,1H3;;;/q;3*-1. The normalized spacial score (nSPS) is 11.0. The Hall–Kier alpha value is -0.755. The molecule has 0 aromatic rings. The van der Waals surface area contributed by atoms with Gasteiger partial charge in [0, 0.05) is 7.05 Å². The third kappa shape index (κ3) is 5420. The fraction of sp³-hybridized carbons (Fsp3) is 1.00. The minimum absolute atomic E-state index is 1.21. The third-order valence-corrected chi connectivity index (χ3v) is 0. The van der Waals surface area contributed by atoms with Crippen molar-refractivity contribution in [2.45, 2.75) is 0 Å². The zero-order chi connectivity index (χ0) is 16.2. The van der Waals surface area contributed by atoms with Gasteiger partial charge in [-0.3, -0.25) is 0 Å². The van der Waals surface area contributed by atoms with Crippen LogP contribution in [-0.4, -0.2) is 28.8 Å². The summed E-state index contributed by atoms with van der Waals surface area (Å²) in [4.78, 5) is 0. The average molecular weight is 309 g/mol. The van der Waals surface area contributed by atoms with Gasteiger partial charge in [-0.1, -0.05) is 0 Å². The Balaban J connectivity index is -0.0000000739. The largest absolute Gasteiger partial charge is 0.673 e. The van der Waals surface area contributed by atoms with Crippen LogP contribution >= 0.6 is 0 Å². The fourth-order valence-electron chi connectivity index (χ4n) is 0. The highest BCUT2D eigenvalue weighted by Gasteiger charge is 2.21. The molecule has 0 aliphatic rings. The van der Waals surface area contributed by atoms with E-state index in [1.165, 1.54) is 12.6 Å².